The molecule has 0 aliphatic heterocycles. The van der Waals surface area contributed by atoms with Crippen LogP contribution in [0.2, 0.25) is 0 Å². The Hall–Kier alpha value is -3.53. The fraction of sp³-hybridized carbons (Fsp3) is 0.467. The molecule has 1 N–H and O–H groups in total. The zero-order chi connectivity index (χ0) is 28.8. The number of halogens is 3. The summed E-state index contributed by atoms with van der Waals surface area (Å²) < 4.78 is 43.4. The van der Waals surface area contributed by atoms with Crippen LogP contribution >= 0.6 is 0 Å². The predicted molar refractivity (Wildman–Crippen MR) is 144 cm³/mol. The van der Waals surface area contributed by atoms with Crippen LogP contribution in [-0.2, 0) is 40.0 Å². The topological polar surface area (TPSA) is 94.3 Å². The number of carbonyl (C=O) groups excluding carboxylic acids is 2. The third kappa shape index (κ3) is 10.6. The molecule has 40 heavy (non-hydrogen) atoms. The molecule has 1 heterocycles. The highest BCUT2D eigenvalue weighted by Crippen LogP contribution is 2.29. The highest BCUT2D eigenvalue weighted by atomic mass is 19.4. The average Bonchev–Trinajstić information content (AvgIpc) is 3.41. The standard InChI is InChI=1S/C30H36F3N3O4/c1-2-3-4-5-6-7-8-9-10-14-27-35-28(39-36-27)24-13-11-12-23(19-24)21-34-40-29(38)26(37)20-22-15-17-25(18-16-22)30(31,32)33/h11-13,15-19,34H,2-10,14,20-21H2,1H3. The van der Waals surface area contributed by atoms with Gasteiger partial charge < -0.3 is 9.36 Å². The van der Waals surface area contributed by atoms with E-state index in [1.54, 1.807) is 18.2 Å². The summed E-state index contributed by atoms with van der Waals surface area (Å²) in [5, 5.41) is 4.08. The van der Waals surface area contributed by atoms with Crippen LogP contribution in [0, 0.1) is 0 Å². The zero-order valence-electron chi connectivity index (χ0n) is 22.8. The van der Waals surface area contributed by atoms with E-state index < -0.39 is 23.5 Å². The summed E-state index contributed by atoms with van der Waals surface area (Å²) >= 11 is 0. The van der Waals surface area contributed by atoms with Crippen LogP contribution in [0.4, 0.5) is 13.2 Å². The van der Waals surface area contributed by atoms with Crippen molar-refractivity contribution >= 4 is 11.8 Å². The molecular weight excluding hydrogens is 523 g/mol. The number of hydrogen-bond donors (Lipinski definition) is 1. The lowest BCUT2D eigenvalue weighted by molar-refractivity contribution is -0.159. The number of alkyl halides is 3. The SMILES string of the molecule is CCCCCCCCCCCc1noc(-c2cccc(CNOC(=O)C(=O)Cc3ccc(C(F)(F)F)cc3)c2)n1. The van der Waals surface area contributed by atoms with Gasteiger partial charge in [-0.15, -0.1) is 5.48 Å². The fourth-order valence-corrected chi connectivity index (χ4v) is 4.19. The monoisotopic (exact) mass is 559 g/mol. The van der Waals surface area contributed by atoms with Crippen molar-refractivity contribution in [3.63, 3.8) is 0 Å². The molecule has 0 unspecified atom stereocenters. The van der Waals surface area contributed by atoms with Gasteiger partial charge in [-0.2, -0.15) is 18.2 Å². The van der Waals surface area contributed by atoms with Crippen LogP contribution in [0.5, 0.6) is 0 Å². The Morgan fingerprint density at radius 1 is 0.900 bits per heavy atom. The number of aromatic nitrogens is 2. The molecule has 0 spiro atoms. The first-order valence-electron chi connectivity index (χ1n) is 13.8. The Morgan fingerprint density at radius 3 is 2.25 bits per heavy atom. The molecule has 0 saturated carbocycles. The summed E-state index contributed by atoms with van der Waals surface area (Å²) in [4.78, 5) is 33.4. The van der Waals surface area contributed by atoms with E-state index in [1.807, 2.05) is 6.07 Å². The molecule has 0 aliphatic rings. The molecule has 0 atom stereocenters. The van der Waals surface area contributed by atoms with Gasteiger partial charge in [0.15, 0.2) is 5.82 Å². The Balaban J connectivity index is 1.38. The minimum atomic E-state index is -4.47. The number of benzene rings is 2. The van der Waals surface area contributed by atoms with Crippen molar-refractivity contribution in [1.82, 2.24) is 15.6 Å². The number of hydroxylamine groups is 1. The predicted octanol–water partition coefficient (Wildman–Crippen LogP) is 7.19. The maximum atomic E-state index is 12.7. The van der Waals surface area contributed by atoms with Crippen LogP contribution in [-0.4, -0.2) is 21.9 Å². The number of carbonyl (C=O) groups is 2. The summed E-state index contributed by atoms with van der Waals surface area (Å²) in [5.41, 5.74) is 3.37. The van der Waals surface area contributed by atoms with E-state index >= 15 is 0 Å². The first-order chi connectivity index (χ1) is 19.3. The molecule has 0 radical (unpaired) electrons. The largest absolute Gasteiger partial charge is 0.416 e. The van der Waals surface area contributed by atoms with E-state index in [4.69, 9.17) is 9.36 Å². The number of unbranched alkanes of at least 4 members (excludes halogenated alkanes) is 8. The summed E-state index contributed by atoms with van der Waals surface area (Å²) in [6.07, 6.45) is 7.12. The summed E-state index contributed by atoms with van der Waals surface area (Å²) in [5.74, 6) is -0.945. The van der Waals surface area contributed by atoms with Gasteiger partial charge >= 0.3 is 12.1 Å². The number of Topliss-reactive ketones (excluding diaryl/α,β-unsaturated/α-hetero) is 1. The Bertz CT molecular complexity index is 1210. The minimum Gasteiger partial charge on any atom is -0.364 e. The molecule has 0 bridgehead atoms. The zero-order valence-corrected chi connectivity index (χ0v) is 22.8. The molecule has 0 fully saturated rings. The lowest BCUT2D eigenvalue weighted by Gasteiger charge is -2.08. The third-order valence-corrected chi connectivity index (χ3v) is 6.46. The van der Waals surface area contributed by atoms with Crippen molar-refractivity contribution < 1.29 is 32.1 Å². The number of aryl methyl sites for hydroxylation is 1. The van der Waals surface area contributed by atoms with Gasteiger partial charge in [0.25, 0.3) is 5.89 Å². The molecule has 3 rings (SSSR count). The lowest BCUT2D eigenvalue weighted by Crippen LogP contribution is -2.27. The van der Waals surface area contributed by atoms with Gasteiger partial charge in [-0.05, 0) is 41.8 Å². The molecule has 0 amide bonds. The molecule has 216 valence electrons. The second kappa shape index (κ2) is 15.9. The maximum Gasteiger partial charge on any atom is 0.416 e. The van der Waals surface area contributed by atoms with Crippen molar-refractivity contribution in [1.29, 1.82) is 0 Å². The molecule has 1 aromatic heterocycles. The molecule has 7 nitrogen and oxygen atoms in total. The molecular formula is C30H36F3N3O4. The fourth-order valence-electron chi connectivity index (χ4n) is 4.19. The first kappa shape index (κ1) is 31.0. The lowest BCUT2D eigenvalue weighted by atomic mass is 10.1. The number of hydrogen-bond acceptors (Lipinski definition) is 7. The molecule has 2 aromatic carbocycles. The molecule has 3 aromatic rings. The average molecular weight is 560 g/mol. The van der Waals surface area contributed by atoms with Gasteiger partial charge in [0, 0.05) is 18.4 Å². The van der Waals surface area contributed by atoms with E-state index in [9.17, 15) is 22.8 Å². The molecule has 10 heteroatoms. The smallest absolute Gasteiger partial charge is 0.364 e. The van der Waals surface area contributed by atoms with E-state index in [2.05, 4.69) is 22.5 Å². The summed E-state index contributed by atoms with van der Waals surface area (Å²) in [7, 11) is 0. The molecule has 0 aliphatic carbocycles. The number of rotatable bonds is 17. The van der Waals surface area contributed by atoms with Crippen LogP contribution in [0.1, 0.15) is 87.2 Å². The quantitative estimate of drug-likeness (QED) is 0.106. The van der Waals surface area contributed by atoms with Gasteiger partial charge in [0.2, 0.25) is 5.78 Å². The van der Waals surface area contributed by atoms with E-state index in [0.717, 1.165) is 54.7 Å². The van der Waals surface area contributed by atoms with Crippen molar-refractivity contribution in [2.75, 3.05) is 0 Å². The minimum absolute atomic E-state index is 0.118. The highest BCUT2D eigenvalue weighted by molar-refractivity contribution is 6.34. The maximum absolute atomic E-state index is 12.7. The second-order valence-corrected chi connectivity index (χ2v) is 9.80. The van der Waals surface area contributed by atoms with Crippen LogP contribution in [0.25, 0.3) is 11.5 Å². The van der Waals surface area contributed by atoms with E-state index in [1.165, 1.54) is 44.9 Å². The van der Waals surface area contributed by atoms with Crippen LogP contribution in [0.15, 0.2) is 53.1 Å². The highest BCUT2D eigenvalue weighted by Gasteiger charge is 2.30. The summed E-state index contributed by atoms with van der Waals surface area (Å²) in [6.45, 7) is 2.34. The van der Waals surface area contributed by atoms with Gasteiger partial charge in [0.05, 0.1) is 12.1 Å². The third-order valence-electron chi connectivity index (χ3n) is 6.46. The molecule has 0 saturated heterocycles. The van der Waals surface area contributed by atoms with Gasteiger partial charge in [-0.1, -0.05) is 87.7 Å². The number of nitrogens with zero attached hydrogens (tertiary/aromatic N) is 2. The van der Waals surface area contributed by atoms with Gasteiger partial charge in [-0.3, -0.25) is 4.79 Å². The number of ketones is 1. The Labute approximate surface area is 232 Å². The Kier molecular flexibility index (Phi) is 12.3. The van der Waals surface area contributed by atoms with E-state index in [-0.39, 0.29) is 18.5 Å². The number of nitrogens with one attached hydrogen (secondary N) is 1. The first-order valence-corrected chi connectivity index (χ1v) is 13.8. The van der Waals surface area contributed by atoms with Gasteiger partial charge in [-0.25, -0.2) is 4.79 Å². The summed E-state index contributed by atoms with van der Waals surface area (Å²) in [6, 6.07) is 11.3. The van der Waals surface area contributed by atoms with Crippen molar-refractivity contribution in [3.8, 4) is 11.5 Å². The van der Waals surface area contributed by atoms with Gasteiger partial charge in [0.1, 0.15) is 0 Å². The van der Waals surface area contributed by atoms with Crippen molar-refractivity contribution in [2.24, 2.45) is 0 Å². The van der Waals surface area contributed by atoms with Crippen molar-refractivity contribution in [3.05, 3.63) is 71.0 Å². The van der Waals surface area contributed by atoms with Crippen LogP contribution in [0.3, 0.4) is 0 Å². The Morgan fingerprint density at radius 2 is 1.57 bits per heavy atom. The normalized spacial score (nSPS) is 11.5. The van der Waals surface area contributed by atoms with Crippen LogP contribution < -0.4 is 5.48 Å². The second-order valence-electron chi connectivity index (χ2n) is 9.80. The van der Waals surface area contributed by atoms with Crippen molar-refractivity contribution in [2.45, 2.75) is 90.3 Å². The van der Waals surface area contributed by atoms with E-state index in [0.29, 0.717) is 11.7 Å².